The molecule has 2 unspecified atom stereocenters. The van der Waals surface area contributed by atoms with Crippen LogP contribution in [0.1, 0.15) is 48.8 Å². The van der Waals surface area contributed by atoms with Crippen molar-refractivity contribution in [1.82, 2.24) is 14.5 Å². The molecule has 3 atom stereocenters. The molecule has 1 aliphatic carbocycles. The Kier molecular flexibility index (Phi) is 7.37. The number of amides is 1. The molecule has 0 saturated carbocycles. The van der Waals surface area contributed by atoms with Crippen LogP contribution in [-0.2, 0) is 31.9 Å². The first-order valence-electron chi connectivity index (χ1n) is 13.5. The van der Waals surface area contributed by atoms with Gasteiger partial charge in [0.2, 0.25) is 5.91 Å². The normalized spacial score (nSPS) is 22.2. The average molecular weight is 539 g/mol. The van der Waals surface area contributed by atoms with Crippen LogP contribution < -0.4 is 5.32 Å². The van der Waals surface area contributed by atoms with Crippen LogP contribution in [-0.4, -0.2) is 60.8 Å². The highest BCUT2D eigenvalue weighted by atomic mass is 32.2. The van der Waals surface area contributed by atoms with E-state index >= 15 is 0 Å². The molecule has 3 aromatic rings. The highest BCUT2D eigenvalue weighted by Crippen LogP contribution is 2.34. The molecule has 2 aromatic carbocycles. The molecule has 1 amide bonds. The molecule has 1 N–H and O–H groups in total. The van der Waals surface area contributed by atoms with E-state index in [1.165, 1.54) is 11.1 Å². The number of nitrogens with one attached hydrogen (secondary N) is 1. The van der Waals surface area contributed by atoms with Gasteiger partial charge in [-0.15, -0.1) is 0 Å². The third-order valence-corrected chi connectivity index (χ3v) is 8.39. The molecule has 2 aliphatic rings. The zero-order valence-electron chi connectivity index (χ0n) is 22.9. The van der Waals surface area contributed by atoms with Crippen LogP contribution in [0.3, 0.4) is 0 Å². The van der Waals surface area contributed by atoms with Crippen molar-refractivity contribution in [3.63, 3.8) is 0 Å². The monoisotopic (exact) mass is 538 g/mol. The summed E-state index contributed by atoms with van der Waals surface area (Å²) in [6.07, 6.45) is 3.36. The predicted molar refractivity (Wildman–Crippen MR) is 150 cm³/mol. The molecule has 9 heteroatoms. The van der Waals surface area contributed by atoms with E-state index in [0.717, 1.165) is 66.7 Å². The second kappa shape index (κ2) is 10.4. The Hall–Kier alpha value is -2.75. The van der Waals surface area contributed by atoms with Crippen LogP contribution in [0.25, 0.3) is 11.0 Å². The standard InChI is InChI=1S/C29H38N4O4S/c1-18(2)29(34)31-24-8-7-22-13-21(14-23(22)15-24)16-32-11-10-27(28(17-32)37-38(5,35)36)33-20(4)30-25-12-19(3)6-9-26(25)33/h6-9,12,15,18,21,27-28H,10-11,13-14,16-17H2,1-5H3,(H,31,34)/t21-,27?,28?/m1/s1. The van der Waals surface area contributed by atoms with Gasteiger partial charge in [0.15, 0.2) is 0 Å². The SMILES string of the molecule is Cc1ccc2c(c1)nc(C)n2C1CCN(C[C@@H]2Cc3ccc(NC(=O)C(C)C)cc3C2)CC1OS(C)(=O)=O. The fourth-order valence-corrected chi connectivity index (χ4v) is 6.70. The van der Waals surface area contributed by atoms with E-state index in [1.807, 2.05) is 33.8 Å². The number of carbonyl (C=O) groups is 1. The third-order valence-electron chi connectivity index (χ3n) is 7.79. The van der Waals surface area contributed by atoms with E-state index in [9.17, 15) is 13.2 Å². The van der Waals surface area contributed by atoms with Crippen molar-refractivity contribution in [3.05, 3.63) is 58.9 Å². The largest absolute Gasteiger partial charge is 0.326 e. The van der Waals surface area contributed by atoms with E-state index in [-0.39, 0.29) is 17.9 Å². The van der Waals surface area contributed by atoms with Crippen molar-refractivity contribution >= 4 is 32.7 Å². The number of aryl methyl sites for hydroxylation is 2. The Labute approximate surface area is 225 Å². The molecule has 38 heavy (non-hydrogen) atoms. The number of imidazole rings is 1. The number of rotatable bonds is 7. The highest BCUT2D eigenvalue weighted by molar-refractivity contribution is 7.86. The second-order valence-electron chi connectivity index (χ2n) is 11.4. The zero-order chi connectivity index (χ0) is 27.2. The summed E-state index contributed by atoms with van der Waals surface area (Å²) in [5.74, 6) is 1.28. The summed E-state index contributed by atoms with van der Waals surface area (Å²) >= 11 is 0. The summed E-state index contributed by atoms with van der Waals surface area (Å²) in [7, 11) is -3.63. The molecule has 0 spiro atoms. The number of hydrogen-bond donors (Lipinski definition) is 1. The van der Waals surface area contributed by atoms with Crippen molar-refractivity contribution < 1.29 is 17.4 Å². The Morgan fingerprint density at radius 3 is 2.63 bits per heavy atom. The molecule has 1 saturated heterocycles. The Bertz CT molecular complexity index is 1460. The molecule has 0 bridgehead atoms. The summed E-state index contributed by atoms with van der Waals surface area (Å²) in [5, 5.41) is 3.00. The lowest BCUT2D eigenvalue weighted by Gasteiger charge is -2.39. The van der Waals surface area contributed by atoms with E-state index in [0.29, 0.717) is 12.5 Å². The zero-order valence-corrected chi connectivity index (χ0v) is 23.7. The minimum atomic E-state index is -3.63. The fraction of sp³-hybridized carbons (Fsp3) is 0.517. The number of benzene rings is 2. The van der Waals surface area contributed by atoms with E-state index in [2.05, 4.69) is 45.1 Å². The van der Waals surface area contributed by atoms with Gasteiger partial charge in [-0.25, -0.2) is 4.98 Å². The smallest absolute Gasteiger partial charge is 0.264 e. The fourth-order valence-electron chi connectivity index (χ4n) is 6.06. The number of anilines is 1. The number of piperidine rings is 1. The maximum absolute atomic E-state index is 12.3. The van der Waals surface area contributed by atoms with E-state index in [4.69, 9.17) is 9.17 Å². The Morgan fingerprint density at radius 1 is 1.13 bits per heavy atom. The molecular formula is C29H38N4O4S. The maximum Gasteiger partial charge on any atom is 0.264 e. The number of fused-ring (bicyclic) bond motifs is 2. The molecule has 5 rings (SSSR count). The summed E-state index contributed by atoms with van der Waals surface area (Å²) in [6.45, 7) is 10.1. The third kappa shape index (κ3) is 5.80. The number of hydrogen-bond acceptors (Lipinski definition) is 6. The topological polar surface area (TPSA) is 93.5 Å². The lowest BCUT2D eigenvalue weighted by molar-refractivity contribution is -0.118. The molecule has 0 radical (unpaired) electrons. The van der Waals surface area contributed by atoms with Gasteiger partial charge in [0.1, 0.15) is 11.9 Å². The molecular weight excluding hydrogens is 500 g/mol. The van der Waals surface area contributed by atoms with Crippen LogP contribution in [0.5, 0.6) is 0 Å². The van der Waals surface area contributed by atoms with Crippen molar-refractivity contribution in [2.75, 3.05) is 31.2 Å². The van der Waals surface area contributed by atoms with Gasteiger partial charge in [0.25, 0.3) is 10.1 Å². The first-order valence-corrected chi connectivity index (χ1v) is 15.3. The van der Waals surface area contributed by atoms with Gasteiger partial charge in [-0.05, 0) is 80.0 Å². The molecule has 1 aliphatic heterocycles. The molecule has 1 aromatic heterocycles. The Morgan fingerprint density at radius 2 is 1.89 bits per heavy atom. The molecule has 8 nitrogen and oxygen atoms in total. The van der Waals surface area contributed by atoms with Gasteiger partial charge in [-0.2, -0.15) is 8.42 Å². The Balaban J connectivity index is 1.30. The van der Waals surface area contributed by atoms with Gasteiger partial charge >= 0.3 is 0 Å². The van der Waals surface area contributed by atoms with Crippen LogP contribution in [0.2, 0.25) is 0 Å². The van der Waals surface area contributed by atoms with Crippen LogP contribution >= 0.6 is 0 Å². The van der Waals surface area contributed by atoms with Gasteiger partial charge in [0.05, 0.1) is 23.3 Å². The summed E-state index contributed by atoms with van der Waals surface area (Å²) in [5.41, 5.74) is 6.55. The quantitative estimate of drug-likeness (QED) is 0.452. The van der Waals surface area contributed by atoms with E-state index < -0.39 is 16.2 Å². The van der Waals surface area contributed by atoms with Gasteiger partial charge in [0, 0.05) is 31.2 Å². The van der Waals surface area contributed by atoms with Crippen molar-refractivity contribution in [2.45, 2.75) is 59.1 Å². The van der Waals surface area contributed by atoms with Gasteiger partial charge in [-0.3, -0.25) is 8.98 Å². The van der Waals surface area contributed by atoms with E-state index in [1.54, 1.807) is 0 Å². The maximum atomic E-state index is 12.3. The van der Waals surface area contributed by atoms with Gasteiger partial charge in [-0.1, -0.05) is 26.0 Å². The number of aromatic nitrogens is 2. The van der Waals surface area contributed by atoms with Crippen LogP contribution in [0.15, 0.2) is 36.4 Å². The predicted octanol–water partition coefficient (Wildman–Crippen LogP) is 4.25. The minimum absolute atomic E-state index is 0.0235. The van der Waals surface area contributed by atoms with Crippen molar-refractivity contribution in [3.8, 4) is 0 Å². The number of likely N-dealkylation sites (tertiary alicyclic amines) is 1. The van der Waals surface area contributed by atoms with Crippen LogP contribution in [0.4, 0.5) is 5.69 Å². The number of carbonyl (C=O) groups excluding carboxylic acids is 1. The van der Waals surface area contributed by atoms with Gasteiger partial charge < -0.3 is 14.8 Å². The summed E-state index contributed by atoms with van der Waals surface area (Å²) < 4.78 is 32.4. The first kappa shape index (κ1) is 26.8. The summed E-state index contributed by atoms with van der Waals surface area (Å²) in [4.78, 5) is 19.2. The lowest BCUT2D eigenvalue weighted by Crippen LogP contribution is -2.48. The second-order valence-corrected chi connectivity index (χ2v) is 13.0. The average Bonchev–Trinajstić information content (AvgIpc) is 3.36. The molecule has 204 valence electrons. The molecule has 2 heterocycles. The first-order chi connectivity index (χ1) is 18.0. The van der Waals surface area contributed by atoms with Crippen LogP contribution in [0, 0.1) is 25.7 Å². The number of nitrogens with zero attached hydrogens (tertiary/aromatic N) is 3. The minimum Gasteiger partial charge on any atom is -0.326 e. The van der Waals surface area contributed by atoms with Crippen molar-refractivity contribution in [2.24, 2.45) is 11.8 Å². The lowest BCUT2D eigenvalue weighted by atomic mass is 9.98. The summed E-state index contributed by atoms with van der Waals surface area (Å²) in [6, 6.07) is 12.3. The van der Waals surface area contributed by atoms with Crippen molar-refractivity contribution in [1.29, 1.82) is 0 Å². The molecule has 1 fully saturated rings. The highest BCUT2D eigenvalue weighted by Gasteiger charge is 2.36.